The number of nitrogens with one attached hydrogen (secondary N) is 3. The lowest BCUT2D eigenvalue weighted by molar-refractivity contribution is -0.129. The number of aromatic nitrogens is 4. The van der Waals surface area contributed by atoms with Gasteiger partial charge in [-0.3, -0.25) is 4.79 Å². The van der Waals surface area contributed by atoms with E-state index < -0.39 is 24.3 Å². The van der Waals surface area contributed by atoms with E-state index in [4.69, 9.17) is 21.7 Å². The van der Waals surface area contributed by atoms with Crippen molar-refractivity contribution in [2.24, 2.45) is 0 Å². The number of phenolic OH excluding ortho intramolecular Hbond substituents is 3. The lowest BCUT2D eigenvalue weighted by atomic mass is 9.91. The number of anilines is 2. The van der Waals surface area contributed by atoms with Gasteiger partial charge in [-0.05, 0) is 65.9 Å². The van der Waals surface area contributed by atoms with Gasteiger partial charge in [-0.25, -0.2) is 14.2 Å². The SMILES string of the molecule is CCC(=O)N(Cl)[C@H]1C[C@@H](n2cnc3c(NCC(c4ccc(O)cc4)c4ccc(O)cc4)nc(N4CC[C@@H](NC(=O)NCc5cccc(O)c5)C4)nc32)[C@H](O)[C@@H]1O. The number of urea groups is 1. The van der Waals surface area contributed by atoms with Crippen LogP contribution in [0, 0.1) is 0 Å². The zero-order valence-corrected chi connectivity index (χ0v) is 31.3. The van der Waals surface area contributed by atoms with Gasteiger partial charge >= 0.3 is 6.03 Å². The molecule has 17 heteroatoms. The van der Waals surface area contributed by atoms with Gasteiger partial charge in [0.1, 0.15) is 29.5 Å². The van der Waals surface area contributed by atoms with Crippen LogP contribution >= 0.6 is 11.8 Å². The van der Waals surface area contributed by atoms with E-state index >= 15 is 0 Å². The molecule has 3 heterocycles. The number of halogens is 1. The summed E-state index contributed by atoms with van der Waals surface area (Å²) in [7, 11) is 0. The molecule has 1 aliphatic carbocycles. The van der Waals surface area contributed by atoms with Gasteiger partial charge in [0, 0.05) is 56.3 Å². The molecular formula is C39H44ClN9O7. The number of imidazole rings is 1. The fourth-order valence-corrected chi connectivity index (χ4v) is 7.73. The molecule has 3 amide bonds. The highest BCUT2D eigenvalue weighted by molar-refractivity contribution is 6.21. The Morgan fingerprint density at radius 2 is 1.64 bits per heavy atom. The lowest BCUT2D eigenvalue weighted by Crippen LogP contribution is -2.43. The largest absolute Gasteiger partial charge is 0.508 e. The van der Waals surface area contributed by atoms with Crippen molar-refractivity contribution in [3.05, 3.63) is 95.8 Å². The average Bonchev–Trinajstić information content (AvgIpc) is 3.92. The minimum Gasteiger partial charge on any atom is -0.508 e. The van der Waals surface area contributed by atoms with E-state index in [1.165, 1.54) is 6.33 Å². The molecule has 1 aliphatic heterocycles. The number of aromatic hydroxyl groups is 3. The Balaban J connectivity index is 1.18. The molecule has 2 aliphatic rings. The fourth-order valence-electron chi connectivity index (χ4n) is 7.42. The molecule has 7 rings (SSSR count). The zero-order chi connectivity index (χ0) is 39.5. The maximum Gasteiger partial charge on any atom is 0.315 e. The Labute approximate surface area is 327 Å². The van der Waals surface area contributed by atoms with Crippen LogP contribution in [-0.2, 0) is 11.3 Å². The molecule has 8 N–H and O–H groups in total. The minimum atomic E-state index is -1.31. The summed E-state index contributed by atoms with van der Waals surface area (Å²) in [5.41, 5.74) is 3.33. The molecular weight excluding hydrogens is 742 g/mol. The number of benzene rings is 3. The summed E-state index contributed by atoms with van der Waals surface area (Å²) in [6.07, 6.45) is -0.190. The third-order valence-corrected chi connectivity index (χ3v) is 10.9. The van der Waals surface area contributed by atoms with Gasteiger partial charge in [0.25, 0.3) is 0 Å². The third kappa shape index (κ3) is 8.22. The number of amides is 3. The van der Waals surface area contributed by atoms with Crippen molar-refractivity contribution in [3.63, 3.8) is 0 Å². The molecule has 16 nitrogen and oxygen atoms in total. The molecule has 2 aromatic heterocycles. The number of hydrogen-bond donors (Lipinski definition) is 8. The fraction of sp³-hybridized carbons (Fsp3) is 0.359. The summed E-state index contributed by atoms with van der Waals surface area (Å²) in [4.78, 5) is 41.8. The minimum absolute atomic E-state index is 0.116. The molecule has 0 unspecified atom stereocenters. The van der Waals surface area contributed by atoms with E-state index in [1.54, 1.807) is 60.0 Å². The predicted molar refractivity (Wildman–Crippen MR) is 208 cm³/mol. The van der Waals surface area contributed by atoms with Gasteiger partial charge in [-0.15, -0.1) is 0 Å². The van der Waals surface area contributed by atoms with Gasteiger partial charge in [0.2, 0.25) is 11.9 Å². The van der Waals surface area contributed by atoms with E-state index in [9.17, 15) is 35.1 Å². The Hall–Kier alpha value is -5.84. The Kier molecular flexibility index (Phi) is 11.3. The van der Waals surface area contributed by atoms with E-state index in [1.807, 2.05) is 29.2 Å². The number of aliphatic hydroxyl groups excluding tert-OH is 2. The van der Waals surface area contributed by atoms with Crippen molar-refractivity contribution in [1.82, 2.24) is 34.6 Å². The van der Waals surface area contributed by atoms with E-state index in [-0.39, 0.29) is 60.5 Å². The number of phenols is 3. The molecule has 1 saturated carbocycles. The highest BCUT2D eigenvalue weighted by atomic mass is 35.5. The first-order valence-corrected chi connectivity index (χ1v) is 18.8. The number of carbonyl (C=O) groups is 2. The van der Waals surface area contributed by atoms with Crippen LogP contribution in [0.4, 0.5) is 16.6 Å². The second-order valence-corrected chi connectivity index (χ2v) is 14.5. The second kappa shape index (κ2) is 16.5. The summed E-state index contributed by atoms with van der Waals surface area (Å²) in [5.74, 6) is 0.498. The van der Waals surface area contributed by atoms with Crippen molar-refractivity contribution in [2.45, 2.75) is 69.0 Å². The van der Waals surface area contributed by atoms with Crippen molar-refractivity contribution in [2.75, 3.05) is 29.9 Å². The van der Waals surface area contributed by atoms with Crippen LogP contribution in [0.5, 0.6) is 17.2 Å². The van der Waals surface area contributed by atoms with Gasteiger partial charge in [-0.2, -0.15) is 9.97 Å². The first-order chi connectivity index (χ1) is 27.0. The Morgan fingerprint density at radius 1 is 0.946 bits per heavy atom. The molecule has 0 radical (unpaired) electrons. The quantitative estimate of drug-likeness (QED) is 0.0849. The van der Waals surface area contributed by atoms with Gasteiger partial charge in [0.05, 0.1) is 18.4 Å². The summed E-state index contributed by atoms with van der Waals surface area (Å²) in [6.45, 7) is 3.15. The van der Waals surface area contributed by atoms with Crippen molar-refractivity contribution in [1.29, 1.82) is 0 Å². The Bertz CT molecular complexity index is 2130. The summed E-state index contributed by atoms with van der Waals surface area (Å²) < 4.78 is 2.64. The number of rotatable bonds is 12. The van der Waals surface area contributed by atoms with Crippen LogP contribution in [0.15, 0.2) is 79.1 Å². The molecule has 0 spiro atoms. The normalized spacial score (nSPS) is 20.7. The van der Waals surface area contributed by atoms with Crippen molar-refractivity contribution >= 4 is 46.6 Å². The van der Waals surface area contributed by atoms with Crippen LogP contribution in [0.3, 0.4) is 0 Å². The molecule has 2 fully saturated rings. The predicted octanol–water partition coefficient (Wildman–Crippen LogP) is 3.69. The van der Waals surface area contributed by atoms with Gasteiger partial charge in [0.15, 0.2) is 17.0 Å². The maximum absolute atomic E-state index is 12.8. The van der Waals surface area contributed by atoms with Gasteiger partial charge < -0.3 is 51.0 Å². The number of hydrogen-bond acceptors (Lipinski definition) is 12. The first kappa shape index (κ1) is 38.4. The molecule has 0 bridgehead atoms. The van der Waals surface area contributed by atoms with Crippen LogP contribution in [0.1, 0.15) is 54.8 Å². The topological polar surface area (TPSA) is 221 Å². The molecule has 1 saturated heterocycles. The first-order valence-electron chi connectivity index (χ1n) is 18.5. The summed E-state index contributed by atoms with van der Waals surface area (Å²) in [5, 5.41) is 61.3. The average molecular weight is 786 g/mol. The summed E-state index contributed by atoms with van der Waals surface area (Å²) >= 11 is 6.35. The molecule has 5 aromatic rings. The smallest absolute Gasteiger partial charge is 0.315 e. The van der Waals surface area contributed by atoms with E-state index in [0.29, 0.717) is 49.0 Å². The van der Waals surface area contributed by atoms with Crippen LogP contribution in [0.25, 0.3) is 11.2 Å². The Morgan fingerprint density at radius 3 is 2.30 bits per heavy atom. The third-order valence-electron chi connectivity index (χ3n) is 10.5. The van der Waals surface area contributed by atoms with E-state index in [0.717, 1.165) is 21.1 Å². The highest BCUT2D eigenvalue weighted by Gasteiger charge is 2.47. The highest BCUT2D eigenvalue weighted by Crippen LogP contribution is 2.38. The maximum atomic E-state index is 12.8. The number of carbonyl (C=O) groups excluding carboxylic acids is 2. The van der Waals surface area contributed by atoms with Crippen LogP contribution < -0.4 is 20.9 Å². The van der Waals surface area contributed by atoms with Crippen LogP contribution in [0.2, 0.25) is 0 Å². The lowest BCUT2D eigenvalue weighted by Gasteiger charge is -2.23. The number of aliphatic hydroxyl groups is 2. The monoisotopic (exact) mass is 785 g/mol. The molecule has 5 atom stereocenters. The van der Waals surface area contributed by atoms with Crippen LogP contribution in [-0.4, -0.2) is 105 Å². The van der Waals surface area contributed by atoms with Gasteiger partial charge in [-0.1, -0.05) is 43.3 Å². The summed E-state index contributed by atoms with van der Waals surface area (Å²) in [6, 6.07) is 18.3. The van der Waals surface area contributed by atoms with E-state index in [2.05, 4.69) is 20.9 Å². The zero-order valence-electron chi connectivity index (χ0n) is 30.5. The molecule has 56 heavy (non-hydrogen) atoms. The number of nitrogens with zero attached hydrogens (tertiary/aromatic N) is 6. The van der Waals surface area contributed by atoms with Crippen molar-refractivity contribution in [3.8, 4) is 17.2 Å². The molecule has 3 aromatic carbocycles. The van der Waals surface area contributed by atoms with Crippen molar-refractivity contribution < 1.29 is 35.1 Å². The molecule has 294 valence electrons. The standard InChI is InChI=1S/C39H44ClN9O7/c1-2-32(53)49(40)31-17-30(34(54)35(31)55)48-21-43-33-36(41-19-29(23-6-10-26(50)11-7-23)24-8-12-27(51)13-9-24)45-38(46-37(33)48)47-15-14-25(20-47)44-39(56)42-18-22-4-3-5-28(52)16-22/h3-13,16,21,25,29-31,34-35,50-52,54-55H,2,14-15,17-20H2,1H3,(H,41,45,46)(H2,42,44,56)/t25-,30-,31+,34+,35-/m1/s1. The number of fused-ring (bicyclic) bond motifs is 1. The second-order valence-electron chi connectivity index (χ2n) is 14.2.